The van der Waals surface area contributed by atoms with Gasteiger partial charge in [-0.1, -0.05) is 30.2 Å². The molecule has 0 unspecified atom stereocenters. The Morgan fingerprint density at radius 2 is 2.20 bits per heavy atom. The lowest BCUT2D eigenvalue weighted by atomic mass is 9.98. The Balaban J connectivity index is 1.71. The first-order chi connectivity index (χ1) is 9.78. The van der Waals surface area contributed by atoms with Crippen LogP contribution in [0, 0.1) is 5.82 Å². The van der Waals surface area contributed by atoms with Crippen molar-refractivity contribution >= 4 is 6.01 Å². The van der Waals surface area contributed by atoms with Gasteiger partial charge in [-0.2, -0.15) is 0 Å². The fourth-order valence-corrected chi connectivity index (χ4v) is 2.68. The van der Waals surface area contributed by atoms with Gasteiger partial charge in [0.2, 0.25) is 5.89 Å². The molecule has 0 saturated carbocycles. The number of halogens is 1. The van der Waals surface area contributed by atoms with E-state index in [1.807, 2.05) is 17.0 Å². The minimum absolute atomic E-state index is 0.128. The summed E-state index contributed by atoms with van der Waals surface area (Å²) in [6.07, 6.45) is 2.70. The zero-order valence-electron chi connectivity index (χ0n) is 11.6. The first-order valence-electron chi connectivity index (χ1n) is 7.09. The molecule has 0 radical (unpaired) electrons. The van der Waals surface area contributed by atoms with Crippen LogP contribution in [0.5, 0.6) is 0 Å². The first kappa shape index (κ1) is 13.1. The second-order valence-corrected chi connectivity index (χ2v) is 5.18. The molecule has 1 aliphatic heterocycles. The Morgan fingerprint density at radius 3 is 3.00 bits per heavy atom. The maximum absolute atomic E-state index is 13.8. The summed E-state index contributed by atoms with van der Waals surface area (Å²) in [4.78, 5) is 2.04. The highest BCUT2D eigenvalue weighted by Gasteiger charge is 2.28. The van der Waals surface area contributed by atoms with Crippen LogP contribution >= 0.6 is 0 Å². The fourth-order valence-electron chi connectivity index (χ4n) is 2.68. The summed E-state index contributed by atoms with van der Waals surface area (Å²) in [7, 11) is 0. The van der Waals surface area contributed by atoms with Crippen LogP contribution in [0.2, 0.25) is 0 Å². The highest BCUT2D eigenvalue weighted by molar-refractivity contribution is 5.32. The largest absolute Gasteiger partial charge is 0.408 e. The van der Waals surface area contributed by atoms with Gasteiger partial charge in [-0.3, -0.25) is 0 Å². The number of aromatic nitrogens is 2. The summed E-state index contributed by atoms with van der Waals surface area (Å²) < 4.78 is 19.4. The van der Waals surface area contributed by atoms with Crippen LogP contribution in [0.25, 0.3) is 0 Å². The molecule has 106 valence electrons. The molecule has 3 rings (SSSR count). The molecular formula is C15H18FN3O. The average molecular weight is 275 g/mol. The third-order valence-electron chi connectivity index (χ3n) is 3.72. The van der Waals surface area contributed by atoms with Gasteiger partial charge >= 0.3 is 6.01 Å². The Kier molecular flexibility index (Phi) is 3.67. The van der Waals surface area contributed by atoms with Gasteiger partial charge in [0, 0.05) is 25.4 Å². The third-order valence-corrected chi connectivity index (χ3v) is 3.72. The van der Waals surface area contributed by atoms with E-state index in [0.29, 0.717) is 11.9 Å². The molecule has 1 aliphatic rings. The van der Waals surface area contributed by atoms with Crippen molar-refractivity contribution in [3.63, 3.8) is 0 Å². The zero-order chi connectivity index (χ0) is 13.9. The van der Waals surface area contributed by atoms with Crippen molar-refractivity contribution < 1.29 is 8.81 Å². The highest BCUT2D eigenvalue weighted by atomic mass is 19.1. The van der Waals surface area contributed by atoms with E-state index in [1.54, 1.807) is 6.07 Å². The van der Waals surface area contributed by atoms with Gasteiger partial charge in [0.1, 0.15) is 5.82 Å². The van der Waals surface area contributed by atoms with E-state index in [1.165, 1.54) is 6.07 Å². The van der Waals surface area contributed by atoms with Crippen LogP contribution < -0.4 is 4.90 Å². The summed E-state index contributed by atoms with van der Waals surface area (Å²) in [5, 5.41) is 8.12. The van der Waals surface area contributed by atoms with E-state index in [2.05, 4.69) is 17.1 Å². The monoisotopic (exact) mass is 275 g/mol. The maximum atomic E-state index is 13.8. The molecular weight excluding hydrogens is 257 g/mol. The molecule has 0 aliphatic carbocycles. The minimum atomic E-state index is -0.128. The second kappa shape index (κ2) is 5.61. The van der Waals surface area contributed by atoms with Crippen molar-refractivity contribution in [1.29, 1.82) is 0 Å². The Labute approximate surface area is 117 Å². The zero-order valence-corrected chi connectivity index (χ0v) is 11.6. The molecule has 1 aromatic heterocycles. The number of hydrogen-bond donors (Lipinski definition) is 0. The molecule has 0 bridgehead atoms. The third kappa shape index (κ3) is 2.53. The summed E-state index contributed by atoms with van der Waals surface area (Å²) in [5.74, 6) is 0.742. The molecule has 2 heterocycles. The number of nitrogens with zero attached hydrogens (tertiary/aromatic N) is 3. The highest BCUT2D eigenvalue weighted by Crippen LogP contribution is 2.31. The molecule has 5 heteroatoms. The smallest absolute Gasteiger partial charge is 0.318 e. The van der Waals surface area contributed by atoms with E-state index < -0.39 is 0 Å². The fraction of sp³-hybridized carbons (Fsp3) is 0.467. The number of aryl methyl sites for hydroxylation is 1. The quantitative estimate of drug-likeness (QED) is 0.859. The number of rotatable bonds is 4. The number of anilines is 1. The summed E-state index contributed by atoms with van der Waals surface area (Å²) in [6.45, 7) is 3.63. The van der Waals surface area contributed by atoms with E-state index >= 15 is 0 Å². The normalized spacial score (nSPS) is 18.7. The average Bonchev–Trinajstić information content (AvgIpc) is 3.08. The molecule has 0 N–H and O–H groups in total. The van der Waals surface area contributed by atoms with E-state index in [4.69, 9.17) is 4.42 Å². The van der Waals surface area contributed by atoms with Gasteiger partial charge in [-0.15, -0.1) is 5.10 Å². The van der Waals surface area contributed by atoms with Crippen molar-refractivity contribution in [1.82, 2.24) is 10.2 Å². The van der Waals surface area contributed by atoms with Crippen LogP contribution in [0.4, 0.5) is 10.4 Å². The minimum Gasteiger partial charge on any atom is -0.408 e. The summed E-state index contributed by atoms with van der Waals surface area (Å²) >= 11 is 0. The summed E-state index contributed by atoms with van der Waals surface area (Å²) in [5.41, 5.74) is 0.781. The standard InChI is InChI=1S/C15H18FN3O/c1-2-5-14-17-18-15(20-14)19-9-8-11(10-19)12-6-3-4-7-13(12)16/h3-4,6-7,11H,2,5,8-10H2,1H3/t11-/m0/s1. The lowest BCUT2D eigenvalue weighted by Gasteiger charge is -2.13. The van der Waals surface area contributed by atoms with Crippen molar-refractivity contribution in [3.8, 4) is 0 Å². The van der Waals surface area contributed by atoms with Crippen LogP contribution in [0.3, 0.4) is 0 Å². The molecule has 1 saturated heterocycles. The maximum Gasteiger partial charge on any atom is 0.318 e. The van der Waals surface area contributed by atoms with Gasteiger partial charge in [0.25, 0.3) is 0 Å². The van der Waals surface area contributed by atoms with Crippen LogP contribution in [0.15, 0.2) is 28.7 Å². The molecule has 1 atom stereocenters. The van der Waals surface area contributed by atoms with Gasteiger partial charge in [-0.25, -0.2) is 4.39 Å². The van der Waals surface area contributed by atoms with Gasteiger partial charge in [0.15, 0.2) is 0 Å². The van der Waals surface area contributed by atoms with Gasteiger partial charge in [0.05, 0.1) is 0 Å². The lowest BCUT2D eigenvalue weighted by Crippen LogP contribution is -2.19. The SMILES string of the molecule is CCCc1nnc(N2CC[C@H](c3ccccc3F)C2)o1. The van der Waals surface area contributed by atoms with Crippen molar-refractivity contribution in [2.24, 2.45) is 0 Å². The van der Waals surface area contributed by atoms with Crippen molar-refractivity contribution in [2.75, 3.05) is 18.0 Å². The van der Waals surface area contributed by atoms with E-state index in [9.17, 15) is 4.39 Å². The molecule has 20 heavy (non-hydrogen) atoms. The molecule has 1 aromatic carbocycles. The van der Waals surface area contributed by atoms with Gasteiger partial charge < -0.3 is 9.32 Å². The van der Waals surface area contributed by atoms with Gasteiger partial charge in [-0.05, 0) is 24.5 Å². The van der Waals surface area contributed by atoms with E-state index in [0.717, 1.165) is 37.9 Å². The molecule has 0 spiro atoms. The van der Waals surface area contributed by atoms with Crippen LogP contribution in [-0.2, 0) is 6.42 Å². The first-order valence-corrected chi connectivity index (χ1v) is 7.09. The van der Waals surface area contributed by atoms with Crippen molar-refractivity contribution in [3.05, 3.63) is 41.5 Å². The summed E-state index contributed by atoms with van der Waals surface area (Å²) in [6, 6.07) is 7.55. The predicted octanol–water partition coefficient (Wildman–Crippen LogP) is 3.16. The molecule has 2 aromatic rings. The Hall–Kier alpha value is -1.91. The predicted molar refractivity (Wildman–Crippen MR) is 74.3 cm³/mol. The number of hydrogen-bond acceptors (Lipinski definition) is 4. The van der Waals surface area contributed by atoms with Crippen molar-refractivity contribution in [2.45, 2.75) is 32.1 Å². The Morgan fingerprint density at radius 1 is 1.35 bits per heavy atom. The molecule has 1 fully saturated rings. The Bertz CT molecular complexity index is 584. The lowest BCUT2D eigenvalue weighted by molar-refractivity contribution is 0.486. The molecule has 0 amide bonds. The second-order valence-electron chi connectivity index (χ2n) is 5.18. The van der Waals surface area contributed by atoms with Crippen LogP contribution in [0.1, 0.15) is 37.1 Å². The topological polar surface area (TPSA) is 42.2 Å². The number of benzene rings is 1. The molecule has 4 nitrogen and oxygen atoms in total. The van der Waals surface area contributed by atoms with Crippen LogP contribution in [-0.4, -0.2) is 23.3 Å². The van der Waals surface area contributed by atoms with E-state index in [-0.39, 0.29) is 11.7 Å².